The number of hydrogen-bond acceptors (Lipinski definition) is 3. The zero-order valence-electron chi connectivity index (χ0n) is 14.9. The van der Waals surface area contributed by atoms with E-state index in [0.29, 0.717) is 13.0 Å². The van der Waals surface area contributed by atoms with Gasteiger partial charge in [-0.05, 0) is 36.8 Å². The van der Waals surface area contributed by atoms with Crippen LogP contribution in [0.25, 0.3) is 0 Å². The number of fused-ring (bicyclic) bond motifs is 1. The third-order valence-corrected chi connectivity index (χ3v) is 4.65. The van der Waals surface area contributed by atoms with Gasteiger partial charge in [-0.2, -0.15) is 0 Å². The first-order valence-corrected chi connectivity index (χ1v) is 9.17. The number of carbonyl (C=O) groups is 1. The van der Waals surface area contributed by atoms with Crippen LogP contribution in [0.1, 0.15) is 37.2 Å². The first-order valence-electron chi connectivity index (χ1n) is 9.17. The summed E-state index contributed by atoms with van der Waals surface area (Å²) in [5, 5.41) is 9.58. The fourth-order valence-corrected chi connectivity index (χ4v) is 3.04. The number of rotatable bonds is 8. The molecule has 1 fully saturated rings. The Morgan fingerprint density at radius 1 is 1.32 bits per heavy atom. The quantitative estimate of drug-likeness (QED) is 0.383. The summed E-state index contributed by atoms with van der Waals surface area (Å²) in [4.78, 5) is 16.1. The Morgan fingerprint density at radius 3 is 2.96 bits per heavy atom. The molecule has 6 nitrogen and oxygen atoms in total. The lowest BCUT2D eigenvalue weighted by Crippen LogP contribution is -2.41. The molecule has 0 aromatic heterocycles. The van der Waals surface area contributed by atoms with Gasteiger partial charge >= 0.3 is 0 Å². The molecule has 0 saturated heterocycles. The molecule has 25 heavy (non-hydrogen) atoms. The molecule has 0 bridgehead atoms. The Balaban J connectivity index is 1.39. The summed E-state index contributed by atoms with van der Waals surface area (Å²) < 4.78 is 5.63. The Labute approximate surface area is 149 Å². The largest absolute Gasteiger partial charge is 0.381 e. The van der Waals surface area contributed by atoms with Crippen molar-refractivity contribution in [1.82, 2.24) is 10.6 Å². The summed E-state index contributed by atoms with van der Waals surface area (Å²) in [5.41, 5.74) is 2.10. The van der Waals surface area contributed by atoms with Crippen molar-refractivity contribution in [1.29, 1.82) is 0 Å². The van der Waals surface area contributed by atoms with E-state index in [0.717, 1.165) is 43.7 Å². The predicted octanol–water partition coefficient (Wildman–Crippen LogP) is 2.09. The third-order valence-electron chi connectivity index (χ3n) is 4.65. The number of guanidine groups is 1. The molecule has 1 unspecified atom stereocenters. The topological polar surface area (TPSA) is 74.8 Å². The summed E-state index contributed by atoms with van der Waals surface area (Å²) in [6.07, 6.45) is 4.12. The van der Waals surface area contributed by atoms with Crippen molar-refractivity contribution < 1.29 is 9.53 Å². The zero-order valence-corrected chi connectivity index (χ0v) is 14.9. The summed E-state index contributed by atoms with van der Waals surface area (Å²) >= 11 is 0. The third kappa shape index (κ3) is 5.46. The fourth-order valence-electron chi connectivity index (χ4n) is 3.04. The van der Waals surface area contributed by atoms with Gasteiger partial charge in [0, 0.05) is 51.4 Å². The van der Waals surface area contributed by atoms with E-state index in [1.807, 2.05) is 18.2 Å². The smallest absolute Gasteiger partial charge is 0.225 e. The lowest BCUT2D eigenvalue weighted by atomic mass is 9.90. The number of anilines is 1. The molecule has 1 saturated carbocycles. The maximum Gasteiger partial charge on any atom is 0.225 e. The Kier molecular flexibility index (Phi) is 6.28. The highest BCUT2D eigenvalue weighted by molar-refractivity contribution is 5.94. The van der Waals surface area contributed by atoms with Gasteiger partial charge in [0.1, 0.15) is 0 Å². The van der Waals surface area contributed by atoms with Gasteiger partial charge < -0.3 is 20.7 Å². The number of amides is 1. The van der Waals surface area contributed by atoms with Gasteiger partial charge in [0.25, 0.3) is 0 Å². The van der Waals surface area contributed by atoms with Gasteiger partial charge in [-0.3, -0.25) is 9.79 Å². The molecule has 1 aliphatic carbocycles. The van der Waals surface area contributed by atoms with Gasteiger partial charge in [0.15, 0.2) is 5.96 Å². The van der Waals surface area contributed by atoms with Crippen LogP contribution in [-0.2, 0) is 9.53 Å². The fraction of sp³-hybridized carbons (Fsp3) is 0.579. The molecule has 1 atom stereocenters. The number of aliphatic imine (C=N–C) groups is 1. The van der Waals surface area contributed by atoms with Crippen LogP contribution in [0.4, 0.5) is 5.69 Å². The second-order valence-electron chi connectivity index (χ2n) is 6.79. The zero-order chi connectivity index (χ0) is 17.5. The molecule has 2 aliphatic rings. The number of hydrogen-bond donors (Lipinski definition) is 3. The highest BCUT2D eigenvalue weighted by atomic mass is 16.5. The maximum absolute atomic E-state index is 11.9. The highest BCUT2D eigenvalue weighted by Gasteiger charge is 2.24. The minimum Gasteiger partial charge on any atom is -0.381 e. The molecule has 3 rings (SSSR count). The SMILES string of the molecule is CN=C(NCCCOCC1CC1)NCC1CC(=O)Nc2ccccc21. The van der Waals surface area contributed by atoms with Crippen molar-refractivity contribution in [3.8, 4) is 0 Å². The van der Waals surface area contributed by atoms with Gasteiger partial charge in [-0.25, -0.2) is 0 Å². The molecule has 0 spiro atoms. The number of carbonyl (C=O) groups excluding carboxylic acids is 1. The monoisotopic (exact) mass is 344 g/mol. The van der Waals surface area contributed by atoms with Crippen molar-refractivity contribution in [2.24, 2.45) is 10.9 Å². The van der Waals surface area contributed by atoms with Gasteiger partial charge in [0.05, 0.1) is 0 Å². The molecular weight excluding hydrogens is 316 g/mol. The number of ether oxygens (including phenoxy) is 1. The molecule has 6 heteroatoms. The first kappa shape index (κ1) is 17.7. The van der Waals surface area contributed by atoms with Crippen molar-refractivity contribution in [2.75, 3.05) is 38.7 Å². The van der Waals surface area contributed by atoms with Crippen LogP contribution in [0.5, 0.6) is 0 Å². The predicted molar refractivity (Wildman–Crippen MR) is 100.0 cm³/mol. The second-order valence-corrected chi connectivity index (χ2v) is 6.79. The van der Waals surface area contributed by atoms with E-state index in [1.54, 1.807) is 7.05 Å². The van der Waals surface area contributed by atoms with Crippen molar-refractivity contribution in [3.05, 3.63) is 29.8 Å². The first-order chi connectivity index (χ1) is 12.3. The number of benzene rings is 1. The van der Waals surface area contributed by atoms with E-state index < -0.39 is 0 Å². The molecule has 1 amide bonds. The average Bonchev–Trinajstić information content (AvgIpc) is 3.44. The number of nitrogens with zero attached hydrogens (tertiary/aromatic N) is 1. The van der Waals surface area contributed by atoms with Crippen LogP contribution in [0.15, 0.2) is 29.3 Å². The molecule has 1 aromatic carbocycles. The van der Waals surface area contributed by atoms with E-state index in [4.69, 9.17) is 4.74 Å². The lowest BCUT2D eigenvalue weighted by molar-refractivity contribution is -0.116. The van der Waals surface area contributed by atoms with Crippen LogP contribution in [0.2, 0.25) is 0 Å². The van der Waals surface area contributed by atoms with E-state index in [1.165, 1.54) is 18.4 Å². The minimum atomic E-state index is 0.0706. The summed E-state index contributed by atoms with van der Waals surface area (Å²) in [6.45, 7) is 3.21. The molecule has 3 N–H and O–H groups in total. The molecule has 1 aliphatic heterocycles. The summed E-state index contributed by atoms with van der Waals surface area (Å²) in [7, 11) is 1.76. The standard InChI is InChI=1S/C19H28N4O2/c1-20-19(21-9-4-10-25-13-14-7-8-14)22-12-15-11-18(24)23-17-6-3-2-5-16(15)17/h2-3,5-6,14-15H,4,7-13H2,1H3,(H,23,24)(H2,20,21,22). The van der Waals surface area contributed by atoms with E-state index in [2.05, 4.69) is 27.0 Å². The van der Waals surface area contributed by atoms with Crippen LogP contribution in [0.3, 0.4) is 0 Å². The van der Waals surface area contributed by atoms with Crippen molar-refractivity contribution >= 4 is 17.6 Å². The lowest BCUT2D eigenvalue weighted by Gasteiger charge is -2.26. The van der Waals surface area contributed by atoms with Gasteiger partial charge in [-0.15, -0.1) is 0 Å². The van der Waals surface area contributed by atoms with Crippen LogP contribution < -0.4 is 16.0 Å². The minimum absolute atomic E-state index is 0.0706. The summed E-state index contributed by atoms with van der Waals surface area (Å²) in [6, 6.07) is 7.99. The molecule has 136 valence electrons. The number of para-hydroxylation sites is 1. The second kappa shape index (κ2) is 8.85. The molecule has 1 aromatic rings. The van der Waals surface area contributed by atoms with Crippen LogP contribution >= 0.6 is 0 Å². The van der Waals surface area contributed by atoms with Gasteiger partial charge in [-0.1, -0.05) is 18.2 Å². The normalized spacial score (nSPS) is 20.0. The molecule has 0 radical (unpaired) electrons. The van der Waals surface area contributed by atoms with Crippen LogP contribution in [-0.4, -0.2) is 45.2 Å². The van der Waals surface area contributed by atoms with E-state index in [9.17, 15) is 4.79 Å². The molecular formula is C19H28N4O2. The Morgan fingerprint density at radius 2 is 2.16 bits per heavy atom. The van der Waals surface area contributed by atoms with E-state index in [-0.39, 0.29) is 11.8 Å². The Hall–Kier alpha value is -2.08. The van der Waals surface area contributed by atoms with E-state index >= 15 is 0 Å². The van der Waals surface area contributed by atoms with Crippen LogP contribution in [0, 0.1) is 5.92 Å². The molecule has 1 heterocycles. The maximum atomic E-state index is 11.9. The van der Waals surface area contributed by atoms with Gasteiger partial charge in [0.2, 0.25) is 5.91 Å². The van der Waals surface area contributed by atoms with Crippen molar-refractivity contribution in [2.45, 2.75) is 31.6 Å². The van der Waals surface area contributed by atoms with Crippen molar-refractivity contribution in [3.63, 3.8) is 0 Å². The highest BCUT2D eigenvalue weighted by Crippen LogP contribution is 2.31. The Bertz CT molecular complexity index is 613. The average molecular weight is 344 g/mol. The summed E-state index contributed by atoms with van der Waals surface area (Å²) in [5.74, 6) is 1.82. The number of nitrogens with one attached hydrogen (secondary N) is 3.